The van der Waals surface area contributed by atoms with Gasteiger partial charge in [-0.2, -0.15) is 0 Å². The summed E-state index contributed by atoms with van der Waals surface area (Å²) in [7, 11) is 0. The number of para-hydroxylation sites is 2. The molecule has 3 heteroatoms. The zero-order chi connectivity index (χ0) is 39.6. The lowest BCUT2D eigenvalue weighted by Gasteiger charge is -2.13. The summed E-state index contributed by atoms with van der Waals surface area (Å²) in [6.07, 6.45) is 0. The minimum Gasteiger partial charge on any atom is -0.309 e. The minimum absolute atomic E-state index is 0.942. The standard InChI is InChI=1S/C57H37N3/c1-3-14-38(15-4-1)45-36-52(40-17-5-2-6-18-40)58-53(37-45)44-20-13-21-46(33-44)59-54-24-11-9-22-48(54)50-34-42(27-30-56(50)59)43-28-31-57-51(35-43)49-23-10-12-25-55(49)60(57)47-29-26-39-16-7-8-19-41(39)32-47/h1-37H. The van der Waals surface area contributed by atoms with Crippen molar-refractivity contribution >= 4 is 54.4 Å². The van der Waals surface area contributed by atoms with Crippen LogP contribution in [0.1, 0.15) is 0 Å². The predicted molar refractivity (Wildman–Crippen MR) is 252 cm³/mol. The summed E-state index contributed by atoms with van der Waals surface area (Å²) in [6, 6.07) is 81.1. The predicted octanol–water partition coefficient (Wildman–Crippen LogP) is 15.1. The number of rotatable bonds is 6. The lowest BCUT2D eigenvalue weighted by molar-refractivity contribution is 1.18. The SMILES string of the molecule is c1ccc(-c2cc(-c3ccccc3)nc(-c3cccc(-n4c5ccccc5c5cc(-c6ccc7c(c6)c6ccccc6n7-c6ccc7ccccc7c6)ccc54)c3)c2)cc1. The molecule has 0 N–H and O–H groups in total. The first-order chi connectivity index (χ1) is 29.7. The molecule has 0 saturated carbocycles. The molecular formula is C57H37N3. The summed E-state index contributed by atoms with van der Waals surface area (Å²) in [4.78, 5) is 5.25. The fourth-order valence-corrected chi connectivity index (χ4v) is 9.21. The molecule has 0 aliphatic carbocycles. The molecule has 280 valence electrons. The van der Waals surface area contributed by atoms with Gasteiger partial charge in [-0.1, -0.05) is 152 Å². The van der Waals surface area contributed by atoms with Gasteiger partial charge in [0.25, 0.3) is 0 Å². The fourth-order valence-electron chi connectivity index (χ4n) is 9.21. The van der Waals surface area contributed by atoms with Gasteiger partial charge < -0.3 is 9.13 Å². The van der Waals surface area contributed by atoms with E-state index in [1.807, 2.05) is 0 Å². The summed E-state index contributed by atoms with van der Waals surface area (Å²) < 4.78 is 4.80. The zero-order valence-corrected chi connectivity index (χ0v) is 32.7. The number of nitrogens with zero attached hydrogens (tertiary/aromatic N) is 3. The Kier molecular flexibility index (Phi) is 7.85. The van der Waals surface area contributed by atoms with Gasteiger partial charge in [0.05, 0.1) is 33.5 Å². The average molecular weight is 764 g/mol. The molecule has 0 aliphatic heterocycles. The summed E-state index contributed by atoms with van der Waals surface area (Å²) in [6.45, 7) is 0. The van der Waals surface area contributed by atoms with E-state index < -0.39 is 0 Å². The maximum absolute atomic E-state index is 5.25. The van der Waals surface area contributed by atoms with Crippen LogP contribution in [0.15, 0.2) is 224 Å². The van der Waals surface area contributed by atoms with Gasteiger partial charge in [-0.25, -0.2) is 4.98 Å². The van der Waals surface area contributed by atoms with Crippen molar-refractivity contribution in [3.8, 4) is 56.1 Å². The van der Waals surface area contributed by atoms with E-state index >= 15 is 0 Å². The Morgan fingerprint density at radius 3 is 1.40 bits per heavy atom. The molecule has 60 heavy (non-hydrogen) atoms. The van der Waals surface area contributed by atoms with Crippen LogP contribution in [0, 0.1) is 0 Å². The molecular weight excluding hydrogens is 727 g/mol. The lowest BCUT2D eigenvalue weighted by atomic mass is 10.00. The maximum Gasteiger partial charge on any atom is 0.0716 e. The van der Waals surface area contributed by atoms with Crippen LogP contribution in [-0.4, -0.2) is 14.1 Å². The van der Waals surface area contributed by atoms with E-state index in [-0.39, 0.29) is 0 Å². The first-order valence-electron chi connectivity index (χ1n) is 20.5. The van der Waals surface area contributed by atoms with Crippen LogP contribution in [0.25, 0.3) is 111 Å². The summed E-state index contributed by atoms with van der Waals surface area (Å²) in [5.41, 5.74) is 15.8. The molecule has 0 fully saturated rings. The van der Waals surface area contributed by atoms with Crippen LogP contribution >= 0.6 is 0 Å². The number of benzene rings is 9. The van der Waals surface area contributed by atoms with Crippen molar-refractivity contribution in [2.24, 2.45) is 0 Å². The molecule has 3 nitrogen and oxygen atoms in total. The molecule has 0 aliphatic rings. The molecule has 3 heterocycles. The molecule has 0 radical (unpaired) electrons. The highest BCUT2D eigenvalue weighted by Crippen LogP contribution is 2.39. The highest BCUT2D eigenvalue weighted by atomic mass is 15.0. The second-order valence-electron chi connectivity index (χ2n) is 15.6. The Labute approximate surface area is 347 Å². The number of pyridine rings is 1. The average Bonchev–Trinajstić information content (AvgIpc) is 3.84. The van der Waals surface area contributed by atoms with Crippen molar-refractivity contribution in [1.29, 1.82) is 0 Å². The third-order valence-electron chi connectivity index (χ3n) is 12.1. The van der Waals surface area contributed by atoms with E-state index in [1.165, 1.54) is 76.8 Å². The van der Waals surface area contributed by atoms with Crippen LogP contribution in [0.2, 0.25) is 0 Å². The van der Waals surface area contributed by atoms with Crippen LogP contribution in [0.3, 0.4) is 0 Å². The summed E-state index contributed by atoms with van der Waals surface area (Å²) in [5, 5.41) is 7.43. The van der Waals surface area contributed by atoms with Crippen molar-refractivity contribution < 1.29 is 0 Å². The molecule has 0 amide bonds. The molecule has 0 atom stereocenters. The van der Waals surface area contributed by atoms with Gasteiger partial charge in [-0.15, -0.1) is 0 Å². The largest absolute Gasteiger partial charge is 0.309 e. The van der Waals surface area contributed by atoms with Gasteiger partial charge in [0.1, 0.15) is 0 Å². The zero-order valence-electron chi connectivity index (χ0n) is 32.7. The lowest BCUT2D eigenvalue weighted by Crippen LogP contribution is -1.96. The van der Waals surface area contributed by atoms with Crippen molar-refractivity contribution in [3.63, 3.8) is 0 Å². The number of fused-ring (bicyclic) bond motifs is 7. The van der Waals surface area contributed by atoms with Gasteiger partial charge in [-0.05, 0) is 106 Å². The number of aromatic nitrogens is 3. The monoisotopic (exact) mass is 763 g/mol. The van der Waals surface area contributed by atoms with Gasteiger partial charge >= 0.3 is 0 Å². The Morgan fingerprint density at radius 1 is 0.250 bits per heavy atom. The van der Waals surface area contributed by atoms with E-state index in [4.69, 9.17) is 4.98 Å². The van der Waals surface area contributed by atoms with Gasteiger partial charge in [0.15, 0.2) is 0 Å². The van der Waals surface area contributed by atoms with Crippen molar-refractivity contribution in [2.75, 3.05) is 0 Å². The first kappa shape index (κ1) is 34.1. The van der Waals surface area contributed by atoms with Crippen molar-refractivity contribution in [2.45, 2.75) is 0 Å². The topological polar surface area (TPSA) is 22.8 Å². The molecule has 0 saturated heterocycles. The van der Waals surface area contributed by atoms with Gasteiger partial charge in [-0.3, -0.25) is 0 Å². The molecule has 0 spiro atoms. The first-order valence-corrected chi connectivity index (χ1v) is 20.5. The van der Waals surface area contributed by atoms with Crippen molar-refractivity contribution in [1.82, 2.24) is 14.1 Å². The van der Waals surface area contributed by atoms with E-state index in [0.29, 0.717) is 0 Å². The van der Waals surface area contributed by atoms with Crippen LogP contribution in [0.4, 0.5) is 0 Å². The summed E-state index contributed by atoms with van der Waals surface area (Å²) >= 11 is 0. The second kappa shape index (κ2) is 13.8. The molecule has 0 unspecified atom stereocenters. The van der Waals surface area contributed by atoms with E-state index in [0.717, 1.165) is 33.8 Å². The normalized spacial score (nSPS) is 11.7. The maximum atomic E-state index is 5.25. The van der Waals surface area contributed by atoms with Crippen LogP contribution in [-0.2, 0) is 0 Å². The molecule has 3 aromatic heterocycles. The van der Waals surface area contributed by atoms with Crippen LogP contribution in [0.5, 0.6) is 0 Å². The summed E-state index contributed by atoms with van der Waals surface area (Å²) in [5.74, 6) is 0. The number of hydrogen-bond acceptors (Lipinski definition) is 1. The highest BCUT2D eigenvalue weighted by molar-refractivity contribution is 6.13. The fraction of sp³-hybridized carbons (Fsp3) is 0. The Hall–Kier alpha value is -8.01. The third kappa shape index (κ3) is 5.63. The minimum atomic E-state index is 0.942. The van der Waals surface area contributed by atoms with E-state index in [2.05, 4.69) is 234 Å². The highest BCUT2D eigenvalue weighted by Gasteiger charge is 2.17. The van der Waals surface area contributed by atoms with Crippen molar-refractivity contribution in [3.05, 3.63) is 224 Å². The molecule has 9 aromatic carbocycles. The quantitative estimate of drug-likeness (QED) is 0.165. The smallest absolute Gasteiger partial charge is 0.0716 e. The molecule has 12 aromatic rings. The molecule has 0 bridgehead atoms. The third-order valence-corrected chi connectivity index (χ3v) is 12.1. The van der Waals surface area contributed by atoms with E-state index in [1.54, 1.807) is 0 Å². The van der Waals surface area contributed by atoms with Crippen LogP contribution < -0.4 is 0 Å². The molecule has 12 rings (SSSR count). The second-order valence-corrected chi connectivity index (χ2v) is 15.6. The van der Waals surface area contributed by atoms with Gasteiger partial charge in [0, 0.05) is 44.0 Å². The van der Waals surface area contributed by atoms with Gasteiger partial charge in [0.2, 0.25) is 0 Å². The Morgan fingerprint density at radius 2 is 0.750 bits per heavy atom. The van der Waals surface area contributed by atoms with E-state index in [9.17, 15) is 0 Å². The Balaban J connectivity index is 0.982. The number of hydrogen-bond donors (Lipinski definition) is 0. The Bertz CT molecular complexity index is 3540.